The van der Waals surface area contributed by atoms with Crippen LogP contribution in [-0.4, -0.2) is 50.1 Å². The first-order chi connectivity index (χ1) is 9.40. The van der Waals surface area contributed by atoms with Gasteiger partial charge in [-0.15, -0.1) is 0 Å². The number of nitrogens with zero attached hydrogens (tertiary/aromatic N) is 2. The summed E-state index contributed by atoms with van der Waals surface area (Å²) in [5.74, 6) is -0.251. The average Bonchev–Trinajstić information content (AvgIpc) is 2.40. The van der Waals surface area contributed by atoms with E-state index >= 15 is 0 Å². The van der Waals surface area contributed by atoms with Crippen molar-refractivity contribution in [3.8, 4) is 0 Å². The zero-order chi connectivity index (χ0) is 14.8. The third-order valence-corrected chi connectivity index (χ3v) is 4.85. The van der Waals surface area contributed by atoms with Crippen molar-refractivity contribution in [1.82, 2.24) is 9.21 Å². The summed E-state index contributed by atoms with van der Waals surface area (Å²) >= 11 is 0. The van der Waals surface area contributed by atoms with E-state index in [-0.39, 0.29) is 5.82 Å². The largest absolute Gasteiger partial charge is 0.326 e. The molecule has 1 fully saturated rings. The van der Waals surface area contributed by atoms with Crippen LogP contribution < -0.4 is 5.73 Å². The van der Waals surface area contributed by atoms with E-state index in [1.54, 1.807) is 6.07 Å². The highest BCUT2D eigenvalue weighted by atomic mass is 32.2. The van der Waals surface area contributed by atoms with E-state index in [9.17, 15) is 12.8 Å². The molecule has 1 aliphatic rings. The van der Waals surface area contributed by atoms with Crippen LogP contribution in [-0.2, 0) is 23.1 Å². The Hall–Kier alpha value is -1.02. The fraction of sp³-hybridized carbons (Fsp3) is 0.538. The summed E-state index contributed by atoms with van der Waals surface area (Å²) in [6.45, 7) is 2.97. The highest BCUT2D eigenvalue weighted by Gasteiger charge is 2.23. The van der Waals surface area contributed by atoms with E-state index in [0.29, 0.717) is 44.8 Å². The Bertz CT molecular complexity index is 569. The standard InChI is InChI=1S/C13H20FN3O2S/c1-20(18,19)17-6-4-16(5-7-17)10-12-3-2-11(9-15)8-13(12)14/h2-3,8H,4-7,9-10,15H2,1H3. The molecule has 0 bridgehead atoms. The van der Waals surface area contributed by atoms with Gasteiger partial charge in [-0.05, 0) is 11.6 Å². The van der Waals surface area contributed by atoms with Gasteiger partial charge in [0.2, 0.25) is 10.0 Å². The van der Waals surface area contributed by atoms with Gasteiger partial charge >= 0.3 is 0 Å². The Balaban J connectivity index is 1.96. The fourth-order valence-electron chi connectivity index (χ4n) is 2.31. The predicted molar refractivity (Wildman–Crippen MR) is 76.0 cm³/mol. The third-order valence-electron chi connectivity index (χ3n) is 3.55. The molecule has 0 unspecified atom stereocenters. The van der Waals surface area contributed by atoms with Crippen LogP contribution in [0.15, 0.2) is 18.2 Å². The lowest BCUT2D eigenvalue weighted by Gasteiger charge is -2.33. The van der Waals surface area contributed by atoms with E-state index in [4.69, 9.17) is 5.73 Å². The maximum Gasteiger partial charge on any atom is 0.211 e. The molecular weight excluding hydrogens is 281 g/mol. The van der Waals surface area contributed by atoms with Crippen LogP contribution in [0.25, 0.3) is 0 Å². The monoisotopic (exact) mass is 301 g/mol. The van der Waals surface area contributed by atoms with Gasteiger partial charge in [-0.3, -0.25) is 4.90 Å². The summed E-state index contributed by atoms with van der Waals surface area (Å²) in [5, 5.41) is 0. The maximum atomic E-state index is 13.9. The molecule has 0 amide bonds. The lowest BCUT2D eigenvalue weighted by molar-refractivity contribution is 0.180. The third kappa shape index (κ3) is 3.76. The number of piperazine rings is 1. The second-order valence-corrected chi connectivity index (χ2v) is 7.05. The molecule has 1 aromatic carbocycles. The second kappa shape index (κ2) is 6.17. The van der Waals surface area contributed by atoms with Gasteiger partial charge in [-0.25, -0.2) is 12.8 Å². The van der Waals surface area contributed by atoms with E-state index in [2.05, 4.69) is 4.90 Å². The Morgan fingerprint density at radius 1 is 1.25 bits per heavy atom. The Kier molecular flexibility index (Phi) is 4.74. The molecule has 112 valence electrons. The van der Waals surface area contributed by atoms with Gasteiger partial charge in [0, 0.05) is 44.8 Å². The molecule has 0 spiro atoms. The molecule has 1 aromatic rings. The predicted octanol–water partition coefficient (Wildman–Crippen LogP) is 0.362. The highest BCUT2D eigenvalue weighted by molar-refractivity contribution is 7.88. The van der Waals surface area contributed by atoms with E-state index in [0.717, 1.165) is 5.56 Å². The van der Waals surface area contributed by atoms with Crippen molar-refractivity contribution in [1.29, 1.82) is 0 Å². The first-order valence-electron chi connectivity index (χ1n) is 6.55. The number of halogens is 1. The van der Waals surface area contributed by atoms with Crippen molar-refractivity contribution >= 4 is 10.0 Å². The molecule has 1 saturated heterocycles. The van der Waals surface area contributed by atoms with Crippen molar-refractivity contribution in [2.24, 2.45) is 5.73 Å². The van der Waals surface area contributed by atoms with Crippen molar-refractivity contribution in [2.45, 2.75) is 13.1 Å². The quantitative estimate of drug-likeness (QED) is 0.872. The summed E-state index contributed by atoms with van der Waals surface area (Å²) in [6, 6.07) is 5.04. The lowest BCUT2D eigenvalue weighted by Crippen LogP contribution is -2.47. The van der Waals surface area contributed by atoms with E-state index < -0.39 is 10.0 Å². The second-order valence-electron chi connectivity index (χ2n) is 5.07. The summed E-state index contributed by atoms with van der Waals surface area (Å²) in [5.41, 5.74) is 6.86. The molecule has 0 saturated carbocycles. The molecule has 0 aliphatic carbocycles. The maximum absolute atomic E-state index is 13.9. The first-order valence-corrected chi connectivity index (χ1v) is 8.40. The van der Waals surface area contributed by atoms with Gasteiger partial charge in [-0.2, -0.15) is 4.31 Å². The van der Waals surface area contributed by atoms with Crippen molar-refractivity contribution in [2.75, 3.05) is 32.4 Å². The fourth-order valence-corrected chi connectivity index (χ4v) is 3.13. The van der Waals surface area contributed by atoms with Gasteiger partial charge in [0.25, 0.3) is 0 Å². The normalized spacial score (nSPS) is 18.4. The summed E-state index contributed by atoms with van der Waals surface area (Å²) in [4.78, 5) is 2.06. The molecule has 5 nitrogen and oxygen atoms in total. The van der Waals surface area contributed by atoms with Gasteiger partial charge in [0.05, 0.1) is 6.26 Å². The van der Waals surface area contributed by atoms with Gasteiger partial charge < -0.3 is 5.73 Å². The van der Waals surface area contributed by atoms with Crippen LogP contribution >= 0.6 is 0 Å². The number of nitrogens with two attached hydrogens (primary N) is 1. The van der Waals surface area contributed by atoms with Crippen LogP contribution in [0.5, 0.6) is 0 Å². The van der Waals surface area contributed by atoms with Gasteiger partial charge in [-0.1, -0.05) is 12.1 Å². The topological polar surface area (TPSA) is 66.6 Å². The minimum Gasteiger partial charge on any atom is -0.326 e. The Labute approximate surface area is 119 Å². The average molecular weight is 301 g/mol. The first kappa shape index (κ1) is 15.4. The number of hydrogen-bond acceptors (Lipinski definition) is 4. The molecule has 2 N–H and O–H groups in total. The molecular formula is C13H20FN3O2S. The molecule has 1 aliphatic heterocycles. The highest BCUT2D eigenvalue weighted by Crippen LogP contribution is 2.15. The van der Waals surface area contributed by atoms with Crippen LogP contribution in [0.4, 0.5) is 4.39 Å². The molecule has 0 radical (unpaired) electrons. The summed E-state index contributed by atoms with van der Waals surface area (Å²) in [7, 11) is -3.12. The molecule has 7 heteroatoms. The smallest absolute Gasteiger partial charge is 0.211 e. The molecule has 0 atom stereocenters. The molecule has 1 heterocycles. The molecule has 20 heavy (non-hydrogen) atoms. The Morgan fingerprint density at radius 2 is 1.90 bits per heavy atom. The Morgan fingerprint density at radius 3 is 2.40 bits per heavy atom. The van der Waals surface area contributed by atoms with Crippen molar-refractivity contribution < 1.29 is 12.8 Å². The lowest BCUT2D eigenvalue weighted by atomic mass is 10.1. The number of sulfonamides is 1. The molecule has 0 aromatic heterocycles. The summed E-state index contributed by atoms with van der Waals surface area (Å²) in [6.07, 6.45) is 1.22. The zero-order valence-corrected chi connectivity index (χ0v) is 12.4. The SMILES string of the molecule is CS(=O)(=O)N1CCN(Cc2ccc(CN)cc2F)CC1. The van der Waals surface area contributed by atoms with Crippen molar-refractivity contribution in [3.63, 3.8) is 0 Å². The van der Waals surface area contributed by atoms with E-state index in [1.807, 2.05) is 6.07 Å². The molecule has 2 rings (SSSR count). The zero-order valence-electron chi connectivity index (χ0n) is 11.5. The van der Waals surface area contributed by atoms with Crippen LogP contribution in [0.1, 0.15) is 11.1 Å². The number of rotatable bonds is 4. The van der Waals surface area contributed by atoms with Crippen molar-refractivity contribution in [3.05, 3.63) is 35.1 Å². The van der Waals surface area contributed by atoms with Gasteiger partial charge in [0.1, 0.15) is 5.82 Å². The van der Waals surface area contributed by atoms with Crippen LogP contribution in [0.3, 0.4) is 0 Å². The summed E-state index contributed by atoms with van der Waals surface area (Å²) < 4.78 is 38.1. The minimum absolute atomic E-state index is 0.251. The van der Waals surface area contributed by atoms with E-state index in [1.165, 1.54) is 16.6 Å². The number of benzene rings is 1. The van der Waals surface area contributed by atoms with Crippen LogP contribution in [0, 0.1) is 5.82 Å². The van der Waals surface area contributed by atoms with Crippen LogP contribution in [0.2, 0.25) is 0 Å². The number of hydrogen-bond donors (Lipinski definition) is 1. The van der Waals surface area contributed by atoms with Gasteiger partial charge in [0.15, 0.2) is 0 Å². The minimum atomic E-state index is -3.12.